The normalized spacial score (nSPS) is 10.6. The lowest BCUT2D eigenvalue weighted by molar-refractivity contribution is -0.385. The Kier molecular flexibility index (Phi) is 4.93. The van der Waals surface area contributed by atoms with Crippen molar-refractivity contribution in [2.24, 2.45) is 0 Å². The van der Waals surface area contributed by atoms with Crippen molar-refractivity contribution in [3.05, 3.63) is 59.7 Å². The highest BCUT2D eigenvalue weighted by atomic mass is 79.9. The third-order valence-corrected chi connectivity index (χ3v) is 4.21. The molecule has 0 saturated heterocycles. The van der Waals surface area contributed by atoms with Gasteiger partial charge in [0.2, 0.25) is 0 Å². The minimum Gasteiger partial charge on any atom is -0.308 e. The van der Waals surface area contributed by atoms with Crippen molar-refractivity contribution in [2.75, 3.05) is 0 Å². The van der Waals surface area contributed by atoms with Gasteiger partial charge in [-0.1, -0.05) is 27.5 Å². The number of benzene rings is 1. The van der Waals surface area contributed by atoms with E-state index < -0.39 is 0 Å². The zero-order valence-corrected chi connectivity index (χ0v) is 12.9. The maximum absolute atomic E-state index is 11.0. The van der Waals surface area contributed by atoms with Crippen LogP contribution in [0.3, 0.4) is 0 Å². The lowest BCUT2D eigenvalue weighted by Crippen LogP contribution is -2.13. The van der Waals surface area contributed by atoms with Crippen LogP contribution >= 0.6 is 38.9 Å². The first kappa shape index (κ1) is 14.5. The molecule has 0 aliphatic heterocycles. The molecule has 19 heavy (non-hydrogen) atoms. The SMILES string of the molecule is O=[N+]([O-])c1cc(Br)ccc1CNCc1ccc(Cl)s1. The van der Waals surface area contributed by atoms with Crippen LogP contribution in [-0.4, -0.2) is 4.92 Å². The van der Waals surface area contributed by atoms with E-state index >= 15 is 0 Å². The molecule has 0 aliphatic rings. The van der Waals surface area contributed by atoms with Crippen molar-refractivity contribution in [2.45, 2.75) is 13.1 Å². The van der Waals surface area contributed by atoms with Gasteiger partial charge in [-0.25, -0.2) is 0 Å². The van der Waals surface area contributed by atoms with Crippen LogP contribution in [0.1, 0.15) is 10.4 Å². The Morgan fingerprint density at radius 1 is 1.32 bits per heavy atom. The summed E-state index contributed by atoms with van der Waals surface area (Å²) in [6.07, 6.45) is 0. The smallest absolute Gasteiger partial charge is 0.275 e. The summed E-state index contributed by atoms with van der Waals surface area (Å²) in [4.78, 5) is 11.7. The Morgan fingerprint density at radius 2 is 2.11 bits per heavy atom. The van der Waals surface area contributed by atoms with Gasteiger partial charge in [-0.2, -0.15) is 0 Å². The molecule has 1 heterocycles. The molecule has 1 aromatic heterocycles. The van der Waals surface area contributed by atoms with Crippen LogP contribution in [0.4, 0.5) is 5.69 Å². The highest BCUT2D eigenvalue weighted by Gasteiger charge is 2.13. The van der Waals surface area contributed by atoms with Crippen LogP contribution in [0, 0.1) is 10.1 Å². The average Bonchev–Trinajstić information content (AvgIpc) is 2.77. The quantitative estimate of drug-likeness (QED) is 0.636. The summed E-state index contributed by atoms with van der Waals surface area (Å²) < 4.78 is 1.44. The molecule has 1 N–H and O–H groups in total. The number of rotatable bonds is 5. The summed E-state index contributed by atoms with van der Waals surface area (Å²) in [5.41, 5.74) is 0.780. The van der Waals surface area contributed by atoms with Crippen LogP contribution in [0.25, 0.3) is 0 Å². The molecule has 2 rings (SSSR count). The van der Waals surface area contributed by atoms with Crippen LogP contribution < -0.4 is 5.32 Å². The first-order valence-electron chi connectivity index (χ1n) is 5.44. The molecule has 0 atom stereocenters. The second kappa shape index (κ2) is 6.47. The van der Waals surface area contributed by atoms with E-state index in [1.165, 1.54) is 17.4 Å². The summed E-state index contributed by atoms with van der Waals surface area (Å²) in [5.74, 6) is 0. The number of nitro benzene ring substituents is 1. The van der Waals surface area contributed by atoms with Gasteiger partial charge in [0.25, 0.3) is 5.69 Å². The van der Waals surface area contributed by atoms with Gasteiger partial charge in [-0.05, 0) is 24.3 Å². The second-order valence-electron chi connectivity index (χ2n) is 3.84. The van der Waals surface area contributed by atoms with Crippen molar-refractivity contribution in [3.8, 4) is 0 Å². The van der Waals surface area contributed by atoms with Crippen LogP contribution in [0.5, 0.6) is 0 Å². The fourth-order valence-electron chi connectivity index (χ4n) is 1.62. The highest BCUT2D eigenvalue weighted by Crippen LogP contribution is 2.24. The summed E-state index contributed by atoms with van der Waals surface area (Å²) in [7, 11) is 0. The third kappa shape index (κ3) is 4.01. The maximum atomic E-state index is 11.0. The van der Waals surface area contributed by atoms with Crippen molar-refractivity contribution < 1.29 is 4.92 Å². The van der Waals surface area contributed by atoms with Crippen molar-refractivity contribution in [1.29, 1.82) is 0 Å². The molecule has 0 aliphatic carbocycles. The number of hydrogen-bond acceptors (Lipinski definition) is 4. The predicted molar refractivity (Wildman–Crippen MR) is 80.7 cm³/mol. The number of hydrogen-bond donors (Lipinski definition) is 1. The second-order valence-corrected chi connectivity index (χ2v) is 6.55. The number of thiophene rings is 1. The molecule has 0 bridgehead atoms. The fourth-order valence-corrected chi connectivity index (χ4v) is 3.03. The summed E-state index contributed by atoms with van der Waals surface area (Å²) in [6.45, 7) is 1.09. The summed E-state index contributed by atoms with van der Waals surface area (Å²) in [6, 6.07) is 8.84. The highest BCUT2D eigenvalue weighted by molar-refractivity contribution is 9.10. The van der Waals surface area contributed by atoms with E-state index in [1.54, 1.807) is 12.1 Å². The van der Waals surface area contributed by atoms with E-state index in [-0.39, 0.29) is 10.6 Å². The first-order chi connectivity index (χ1) is 9.06. The molecule has 4 nitrogen and oxygen atoms in total. The molecule has 0 amide bonds. The lowest BCUT2D eigenvalue weighted by Gasteiger charge is -2.05. The number of nitrogens with one attached hydrogen (secondary N) is 1. The van der Waals surface area contributed by atoms with Gasteiger partial charge >= 0.3 is 0 Å². The zero-order valence-electron chi connectivity index (χ0n) is 9.73. The first-order valence-corrected chi connectivity index (χ1v) is 7.43. The van der Waals surface area contributed by atoms with E-state index in [0.29, 0.717) is 23.1 Å². The van der Waals surface area contributed by atoms with Gasteiger partial charge in [0.1, 0.15) is 0 Å². The van der Waals surface area contributed by atoms with Crippen LogP contribution in [0.2, 0.25) is 4.34 Å². The molecule has 0 saturated carbocycles. The van der Waals surface area contributed by atoms with Gasteiger partial charge < -0.3 is 5.32 Å². The predicted octanol–water partition coefficient (Wildman–Crippen LogP) is 4.36. The molecule has 2 aromatic rings. The van der Waals surface area contributed by atoms with Crippen molar-refractivity contribution in [3.63, 3.8) is 0 Å². The molecular weight excluding hydrogens is 352 g/mol. The topological polar surface area (TPSA) is 55.2 Å². The number of nitro groups is 1. The zero-order chi connectivity index (χ0) is 13.8. The molecule has 0 spiro atoms. The number of nitrogens with zero attached hydrogens (tertiary/aromatic N) is 1. The molecule has 0 radical (unpaired) electrons. The Bertz CT molecular complexity index is 603. The minimum absolute atomic E-state index is 0.117. The Morgan fingerprint density at radius 3 is 2.74 bits per heavy atom. The largest absolute Gasteiger partial charge is 0.308 e. The molecule has 7 heteroatoms. The van der Waals surface area contributed by atoms with Gasteiger partial charge in [0.05, 0.1) is 9.26 Å². The third-order valence-electron chi connectivity index (χ3n) is 2.49. The molecule has 1 aromatic carbocycles. The lowest BCUT2D eigenvalue weighted by atomic mass is 10.2. The van der Waals surface area contributed by atoms with Crippen molar-refractivity contribution >= 4 is 44.6 Å². The fraction of sp³-hybridized carbons (Fsp3) is 0.167. The van der Waals surface area contributed by atoms with E-state index in [9.17, 15) is 10.1 Å². The van der Waals surface area contributed by atoms with Crippen LogP contribution in [-0.2, 0) is 13.1 Å². The van der Waals surface area contributed by atoms with Crippen molar-refractivity contribution in [1.82, 2.24) is 5.32 Å². The Labute approximate surface area is 127 Å². The maximum Gasteiger partial charge on any atom is 0.275 e. The van der Waals surface area contributed by atoms with E-state index in [0.717, 1.165) is 9.21 Å². The standard InChI is InChI=1S/C12H10BrClN2O2S/c13-9-2-1-8(11(5-9)16(17)18)6-15-7-10-3-4-12(14)19-10/h1-5,15H,6-7H2. The monoisotopic (exact) mass is 360 g/mol. The Balaban J connectivity index is 2.01. The Hall–Kier alpha value is -0.950. The van der Waals surface area contributed by atoms with Crippen LogP contribution in [0.15, 0.2) is 34.8 Å². The van der Waals surface area contributed by atoms with E-state index in [2.05, 4.69) is 21.2 Å². The average molecular weight is 362 g/mol. The minimum atomic E-state index is -0.371. The molecule has 0 fully saturated rings. The van der Waals surface area contributed by atoms with Gasteiger partial charge in [-0.15, -0.1) is 11.3 Å². The molecule has 0 unspecified atom stereocenters. The summed E-state index contributed by atoms with van der Waals surface area (Å²) >= 11 is 10.6. The van der Waals surface area contributed by atoms with E-state index in [4.69, 9.17) is 11.6 Å². The number of halogens is 2. The van der Waals surface area contributed by atoms with E-state index in [1.807, 2.05) is 12.1 Å². The van der Waals surface area contributed by atoms with Gasteiger partial charge in [-0.3, -0.25) is 10.1 Å². The van der Waals surface area contributed by atoms with Gasteiger partial charge in [0.15, 0.2) is 0 Å². The van der Waals surface area contributed by atoms with Gasteiger partial charge in [0, 0.05) is 34.1 Å². The molecular formula is C12H10BrClN2O2S. The summed E-state index contributed by atoms with van der Waals surface area (Å²) in [5, 5.41) is 14.1. The molecule has 100 valence electrons.